The van der Waals surface area contributed by atoms with Crippen molar-refractivity contribution in [3.8, 4) is 5.75 Å². The van der Waals surface area contributed by atoms with Gasteiger partial charge in [0.15, 0.2) is 0 Å². The lowest BCUT2D eigenvalue weighted by Gasteiger charge is -2.23. The maximum absolute atomic E-state index is 6.21. The van der Waals surface area contributed by atoms with Crippen LogP contribution >= 0.6 is 0 Å². The summed E-state index contributed by atoms with van der Waals surface area (Å²) in [5.74, 6) is 1.03. The Balaban J connectivity index is 1.71. The molecule has 98 valence electrons. The first-order valence-corrected chi connectivity index (χ1v) is 7.37. The standard InChI is InChI=1S/C16H23NO/c17-15-7-2-1-3-8-16(15)18-14-10-9-12-5-4-6-13(12)11-14/h9-11,15-16H,1-8,17H2. The monoisotopic (exact) mass is 245 g/mol. The summed E-state index contributed by atoms with van der Waals surface area (Å²) in [6, 6.07) is 6.81. The molecule has 0 bridgehead atoms. The second-order valence-electron chi connectivity index (χ2n) is 5.74. The lowest BCUT2D eigenvalue weighted by atomic mass is 10.1. The molecule has 1 aromatic carbocycles. The van der Waals surface area contributed by atoms with Crippen molar-refractivity contribution in [2.45, 2.75) is 63.5 Å². The number of aryl methyl sites for hydroxylation is 2. The molecule has 2 heteroatoms. The van der Waals surface area contributed by atoms with Crippen molar-refractivity contribution in [1.29, 1.82) is 0 Å². The van der Waals surface area contributed by atoms with Gasteiger partial charge in [-0.2, -0.15) is 0 Å². The predicted molar refractivity (Wildman–Crippen MR) is 73.9 cm³/mol. The van der Waals surface area contributed by atoms with Crippen LogP contribution in [0.15, 0.2) is 18.2 Å². The SMILES string of the molecule is NC1CCCCCC1Oc1ccc2c(c1)CCC2. The molecule has 1 aromatic rings. The Bertz CT molecular complexity index is 416. The average Bonchev–Trinajstić information content (AvgIpc) is 2.75. The Kier molecular flexibility index (Phi) is 3.55. The molecular weight excluding hydrogens is 222 g/mol. The van der Waals surface area contributed by atoms with Gasteiger partial charge in [0.25, 0.3) is 0 Å². The molecule has 0 spiro atoms. The number of nitrogens with two attached hydrogens (primary N) is 1. The Morgan fingerprint density at radius 2 is 1.78 bits per heavy atom. The number of fused-ring (bicyclic) bond motifs is 1. The van der Waals surface area contributed by atoms with Crippen molar-refractivity contribution in [1.82, 2.24) is 0 Å². The first-order chi connectivity index (χ1) is 8.83. The highest BCUT2D eigenvalue weighted by Crippen LogP contribution is 2.28. The van der Waals surface area contributed by atoms with E-state index in [2.05, 4.69) is 18.2 Å². The summed E-state index contributed by atoms with van der Waals surface area (Å²) < 4.78 is 6.15. The second-order valence-corrected chi connectivity index (χ2v) is 5.74. The molecule has 0 amide bonds. The smallest absolute Gasteiger partial charge is 0.120 e. The van der Waals surface area contributed by atoms with Crippen LogP contribution in [0.3, 0.4) is 0 Å². The van der Waals surface area contributed by atoms with Crippen LogP contribution < -0.4 is 10.5 Å². The van der Waals surface area contributed by atoms with E-state index in [0.29, 0.717) is 0 Å². The third kappa shape index (κ3) is 2.54. The molecule has 18 heavy (non-hydrogen) atoms. The fourth-order valence-corrected chi connectivity index (χ4v) is 3.24. The van der Waals surface area contributed by atoms with Gasteiger partial charge in [-0.1, -0.05) is 18.9 Å². The van der Waals surface area contributed by atoms with Crippen LogP contribution in [0.5, 0.6) is 5.75 Å². The Morgan fingerprint density at radius 1 is 0.944 bits per heavy atom. The lowest BCUT2D eigenvalue weighted by Crippen LogP contribution is -2.37. The maximum Gasteiger partial charge on any atom is 0.120 e. The van der Waals surface area contributed by atoms with Crippen LogP contribution in [-0.4, -0.2) is 12.1 Å². The van der Waals surface area contributed by atoms with E-state index in [-0.39, 0.29) is 12.1 Å². The molecule has 2 aliphatic carbocycles. The summed E-state index contributed by atoms with van der Waals surface area (Å²) in [6.07, 6.45) is 9.98. The maximum atomic E-state index is 6.21. The first-order valence-electron chi connectivity index (χ1n) is 7.37. The third-order valence-corrected chi connectivity index (χ3v) is 4.36. The summed E-state index contributed by atoms with van der Waals surface area (Å²) in [7, 11) is 0. The lowest BCUT2D eigenvalue weighted by molar-refractivity contribution is 0.162. The molecule has 1 saturated carbocycles. The number of rotatable bonds is 2. The quantitative estimate of drug-likeness (QED) is 0.812. The molecule has 2 aliphatic rings. The summed E-state index contributed by atoms with van der Waals surface area (Å²) in [6.45, 7) is 0. The molecule has 2 nitrogen and oxygen atoms in total. The van der Waals surface area contributed by atoms with Gasteiger partial charge in [-0.3, -0.25) is 0 Å². The number of ether oxygens (including phenoxy) is 1. The highest BCUT2D eigenvalue weighted by Gasteiger charge is 2.22. The molecule has 2 N–H and O–H groups in total. The van der Waals surface area contributed by atoms with Crippen LogP contribution in [0.25, 0.3) is 0 Å². The molecule has 1 fully saturated rings. The summed E-state index contributed by atoms with van der Waals surface area (Å²) in [5.41, 5.74) is 9.20. The van der Waals surface area contributed by atoms with E-state index in [1.165, 1.54) is 49.7 Å². The number of hydrogen-bond donors (Lipinski definition) is 1. The molecule has 0 heterocycles. The Labute approximate surface area is 110 Å². The van der Waals surface area contributed by atoms with Gasteiger partial charge >= 0.3 is 0 Å². The molecule has 3 rings (SSSR count). The van der Waals surface area contributed by atoms with Crippen molar-refractivity contribution >= 4 is 0 Å². The van der Waals surface area contributed by atoms with E-state index in [1.807, 2.05) is 0 Å². The second kappa shape index (κ2) is 5.31. The largest absolute Gasteiger partial charge is 0.489 e. The first kappa shape index (κ1) is 12.0. The van der Waals surface area contributed by atoms with Crippen LogP contribution in [0.1, 0.15) is 49.7 Å². The molecule has 0 aliphatic heterocycles. The fraction of sp³-hybridized carbons (Fsp3) is 0.625. The number of benzene rings is 1. The van der Waals surface area contributed by atoms with Gasteiger partial charge in [0.05, 0.1) is 0 Å². The van der Waals surface area contributed by atoms with E-state index in [9.17, 15) is 0 Å². The van der Waals surface area contributed by atoms with Crippen LogP contribution in [0.2, 0.25) is 0 Å². The Hall–Kier alpha value is -1.02. The minimum Gasteiger partial charge on any atom is -0.489 e. The third-order valence-electron chi connectivity index (χ3n) is 4.36. The summed E-state index contributed by atoms with van der Waals surface area (Å²) in [4.78, 5) is 0. The van der Waals surface area contributed by atoms with Crippen LogP contribution in [0.4, 0.5) is 0 Å². The van der Waals surface area contributed by atoms with Gasteiger partial charge in [0.1, 0.15) is 11.9 Å². The molecule has 0 saturated heterocycles. The topological polar surface area (TPSA) is 35.2 Å². The minimum absolute atomic E-state index is 0.209. The molecule has 0 radical (unpaired) electrons. The fourth-order valence-electron chi connectivity index (χ4n) is 3.24. The minimum atomic E-state index is 0.209. The zero-order valence-corrected chi connectivity index (χ0v) is 11.0. The van der Waals surface area contributed by atoms with Gasteiger partial charge < -0.3 is 10.5 Å². The van der Waals surface area contributed by atoms with Crippen LogP contribution in [0, 0.1) is 0 Å². The van der Waals surface area contributed by atoms with Gasteiger partial charge in [-0.05, 0) is 61.8 Å². The molecule has 0 aromatic heterocycles. The van der Waals surface area contributed by atoms with Gasteiger partial charge in [0.2, 0.25) is 0 Å². The van der Waals surface area contributed by atoms with E-state index in [0.717, 1.165) is 18.6 Å². The number of hydrogen-bond acceptors (Lipinski definition) is 2. The molecule has 2 atom stereocenters. The van der Waals surface area contributed by atoms with Gasteiger partial charge in [0, 0.05) is 6.04 Å². The zero-order valence-electron chi connectivity index (χ0n) is 11.0. The van der Waals surface area contributed by atoms with Crippen LogP contribution in [-0.2, 0) is 12.8 Å². The highest BCUT2D eigenvalue weighted by atomic mass is 16.5. The van der Waals surface area contributed by atoms with Crippen molar-refractivity contribution in [2.24, 2.45) is 5.73 Å². The average molecular weight is 245 g/mol. The van der Waals surface area contributed by atoms with Crippen molar-refractivity contribution in [2.75, 3.05) is 0 Å². The van der Waals surface area contributed by atoms with E-state index in [1.54, 1.807) is 0 Å². The van der Waals surface area contributed by atoms with E-state index < -0.39 is 0 Å². The normalized spacial score (nSPS) is 27.6. The Morgan fingerprint density at radius 3 is 2.72 bits per heavy atom. The zero-order chi connectivity index (χ0) is 12.4. The van der Waals surface area contributed by atoms with Crippen molar-refractivity contribution in [3.63, 3.8) is 0 Å². The van der Waals surface area contributed by atoms with Gasteiger partial charge in [-0.25, -0.2) is 0 Å². The summed E-state index contributed by atoms with van der Waals surface area (Å²) >= 11 is 0. The molecule has 2 unspecified atom stereocenters. The highest BCUT2D eigenvalue weighted by molar-refractivity contribution is 5.38. The van der Waals surface area contributed by atoms with E-state index >= 15 is 0 Å². The molecular formula is C16H23NO. The summed E-state index contributed by atoms with van der Waals surface area (Å²) in [5, 5.41) is 0. The van der Waals surface area contributed by atoms with E-state index in [4.69, 9.17) is 10.5 Å². The van der Waals surface area contributed by atoms with Gasteiger partial charge in [-0.15, -0.1) is 0 Å². The van der Waals surface area contributed by atoms with Crippen molar-refractivity contribution in [3.05, 3.63) is 29.3 Å². The van der Waals surface area contributed by atoms with Crippen molar-refractivity contribution < 1.29 is 4.74 Å². The predicted octanol–water partition coefficient (Wildman–Crippen LogP) is 3.21.